The van der Waals surface area contributed by atoms with E-state index >= 15 is 0 Å². The number of rotatable bonds is 3. The van der Waals surface area contributed by atoms with Crippen molar-refractivity contribution >= 4 is 11.9 Å². The van der Waals surface area contributed by atoms with Gasteiger partial charge in [-0.3, -0.25) is 9.59 Å². The van der Waals surface area contributed by atoms with Gasteiger partial charge < -0.3 is 15.1 Å². The normalized spacial score (nSPS) is 21.8. The monoisotopic (exact) mass is 215 g/mol. The summed E-state index contributed by atoms with van der Waals surface area (Å²) in [7, 11) is 0. The number of aliphatic hydroxyl groups excluding tert-OH is 1. The molecule has 0 bridgehead atoms. The van der Waals surface area contributed by atoms with Crippen LogP contribution in [-0.4, -0.2) is 46.2 Å². The van der Waals surface area contributed by atoms with Gasteiger partial charge in [0.15, 0.2) is 0 Å². The van der Waals surface area contributed by atoms with E-state index in [2.05, 4.69) is 0 Å². The predicted octanol–water partition coefficient (Wildman–Crippen LogP) is 0.0805. The molecule has 0 aromatic carbocycles. The summed E-state index contributed by atoms with van der Waals surface area (Å²) >= 11 is 0. The summed E-state index contributed by atoms with van der Waals surface area (Å²) in [6.45, 7) is 3.91. The minimum Gasteiger partial charge on any atom is -0.481 e. The smallest absolute Gasteiger partial charge is 0.309 e. The van der Waals surface area contributed by atoms with Crippen LogP contribution in [0.1, 0.15) is 26.7 Å². The van der Waals surface area contributed by atoms with E-state index in [0.717, 1.165) is 0 Å². The van der Waals surface area contributed by atoms with Crippen LogP contribution in [0.2, 0.25) is 0 Å². The number of carbonyl (C=O) groups excluding carboxylic acids is 1. The lowest BCUT2D eigenvalue weighted by atomic mass is 9.89. The van der Waals surface area contributed by atoms with E-state index in [1.165, 1.54) is 18.7 Å². The zero-order valence-corrected chi connectivity index (χ0v) is 9.06. The third kappa shape index (κ3) is 2.92. The maximum Gasteiger partial charge on any atom is 0.309 e. The lowest BCUT2D eigenvalue weighted by Crippen LogP contribution is -2.36. The van der Waals surface area contributed by atoms with Gasteiger partial charge in [0.05, 0.1) is 11.5 Å². The summed E-state index contributed by atoms with van der Waals surface area (Å²) in [4.78, 5) is 24.0. The lowest BCUT2D eigenvalue weighted by Gasteiger charge is -2.22. The number of amides is 1. The van der Waals surface area contributed by atoms with Crippen molar-refractivity contribution in [2.24, 2.45) is 5.41 Å². The van der Waals surface area contributed by atoms with Gasteiger partial charge in [-0.1, -0.05) is 0 Å². The molecule has 1 aliphatic rings. The van der Waals surface area contributed by atoms with E-state index in [9.17, 15) is 14.7 Å². The van der Waals surface area contributed by atoms with E-state index in [4.69, 9.17) is 5.11 Å². The van der Waals surface area contributed by atoms with Crippen LogP contribution in [0.5, 0.6) is 0 Å². The molecule has 0 aliphatic carbocycles. The standard InChI is InChI=1S/C10H17NO4/c1-10(2,9(14)15)5-8(13)11-4-3-7(12)6-11/h7,12H,3-6H2,1-2H3,(H,14,15). The highest BCUT2D eigenvalue weighted by Gasteiger charge is 2.34. The Morgan fingerprint density at radius 1 is 1.47 bits per heavy atom. The van der Waals surface area contributed by atoms with E-state index in [0.29, 0.717) is 19.5 Å². The Morgan fingerprint density at radius 2 is 2.07 bits per heavy atom. The van der Waals surface area contributed by atoms with Crippen LogP contribution in [0.4, 0.5) is 0 Å². The molecule has 2 N–H and O–H groups in total. The van der Waals surface area contributed by atoms with E-state index in [-0.39, 0.29) is 12.3 Å². The summed E-state index contributed by atoms with van der Waals surface area (Å²) in [5.41, 5.74) is -1.04. The highest BCUT2D eigenvalue weighted by atomic mass is 16.4. The van der Waals surface area contributed by atoms with Gasteiger partial charge in [0.25, 0.3) is 0 Å². The van der Waals surface area contributed by atoms with E-state index < -0.39 is 17.5 Å². The Kier molecular flexibility index (Phi) is 3.34. The van der Waals surface area contributed by atoms with E-state index in [1.54, 1.807) is 0 Å². The topological polar surface area (TPSA) is 77.8 Å². The first-order valence-corrected chi connectivity index (χ1v) is 5.02. The molecule has 0 saturated carbocycles. The van der Waals surface area contributed by atoms with Gasteiger partial charge >= 0.3 is 5.97 Å². The van der Waals surface area contributed by atoms with Crippen molar-refractivity contribution < 1.29 is 19.8 Å². The molecule has 1 unspecified atom stereocenters. The number of hydrogen-bond acceptors (Lipinski definition) is 3. The third-order valence-corrected chi connectivity index (χ3v) is 2.69. The fourth-order valence-electron chi connectivity index (χ4n) is 1.53. The quantitative estimate of drug-likeness (QED) is 0.699. The van der Waals surface area contributed by atoms with E-state index in [1.807, 2.05) is 0 Å². The van der Waals surface area contributed by atoms with Gasteiger partial charge in [0.1, 0.15) is 0 Å². The Hall–Kier alpha value is -1.10. The van der Waals surface area contributed by atoms with Gasteiger partial charge in [-0.2, -0.15) is 0 Å². The predicted molar refractivity (Wildman–Crippen MR) is 53.2 cm³/mol. The van der Waals surface area contributed by atoms with Gasteiger partial charge in [-0.15, -0.1) is 0 Å². The van der Waals surface area contributed by atoms with Crippen LogP contribution in [-0.2, 0) is 9.59 Å². The Labute approximate surface area is 88.7 Å². The third-order valence-electron chi connectivity index (χ3n) is 2.69. The van der Waals surface area contributed by atoms with Crippen molar-refractivity contribution in [3.05, 3.63) is 0 Å². The zero-order chi connectivity index (χ0) is 11.6. The van der Waals surface area contributed by atoms with Crippen LogP contribution in [0.3, 0.4) is 0 Å². The number of aliphatic carboxylic acids is 1. The number of nitrogens with zero attached hydrogens (tertiary/aromatic N) is 1. The molecule has 15 heavy (non-hydrogen) atoms. The minimum atomic E-state index is -1.04. The zero-order valence-electron chi connectivity index (χ0n) is 9.06. The average molecular weight is 215 g/mol. The first-order valence-electron chi connectivity index (χ1n) is 5.02. The first kappa shape index (κ1) is 12.0. The summed E-state index contributed by atoms with van der Waals surface area (Å²) in [6, 6.07) is 0. The lowest BCUT2D eigenvalue weighted by molar-refractivity contribution is -0.151. The molecule has 0 radical (unpaired) electrons. The number of hydrogen-bond donors (Lipinski definition) is 2. The summed E-state index contributed by atoms with van der Waals surface area (Å²) in [6.07, 6.45) is 0.107. The number of carboxylic acids is 1. The molecule has 1 aliphatic heterocycles. The van der Waals surface area contributed by atoms with Crippen molar-refractivity contribution in [3.8, 4) is 0 Å². The maximum atomic E-state index is 11.7. The SMILES string of the molecule is CC(C)(CC(=O)N1CCC(O)C1)C(=O)O. The second kappa shape index (κ2) is 4.18. The number of carboxylic acid groups (broad SMARTS) is 1. The largest absolute Gasteiger partial charge is 0.481 e. The molecule has 1 fully saturated rings. The Balaban J connectivity index is 2.52. The number of aliphatic hydroxyl groups is 1. The van der Waals surface area contributed by atoms with Gasteiger partial charge in [0.2, 0.25) is 5.91 Å². The van der Waals surface area contributed by atoms with Crippen LogP contribution < -0.4 is 0 Å². The Morgan fingerprint density at radius 3 is 2.47 bits per heavy atom. The van der Waals surface area contributed by atoms with Crippen molar-refractivity contribution in [1.29, 1.82) is 0 Å². The van der Waals surface area contributed by atoms with Gasteiger partial charge in [-0.05, 0) is 20.3 Å². The average Bonchev–Trinajstić information content (AvgIpc) is 2.50. The molecular weight excluding hydrogens is 198 g/mol. The molecule has 1 atom stereocenters. The molecule has 5 heteroatoms. The van der Waals surface area contributed by atoms with Crippen molar-refractivity contribution in [2.45, 2.75) is 32.8 Å². The second-order valence-electron chi connectivity index (χ2n) is 4.65. The first-order chi connectivity index (χ1) is 6.83. The summed E-state index contributed by atoms with van der Waals surface area (Å²) < 4.78 is 0. The molecule has 1 rings (SSSR count). The molecule has 0 spiro atoms. The van der Waals surface area contributed by atoms with Crippen LogP contribution in [0.15, 0.2) is 0 Å². The highest BCUT2D eigenvalue weighted by Crippen LogP contribution is 2.23. The van der Waals surface area contributed by atoms with Gasteiger partial charge in [0, 0.05) is 19.5 Å². The highest BCUT2D eigenvalue weighted by molar-refractivity contribution is 5.84. The van der Waals surface area contributed by atoms with Crippen LogP contribution >= 0.6 is 0 Å². The van der Waals surface area contributed by atoms with Crippen molar-refractivity contribution in [1.82, 2.24) is 4.90 Å². The van der Waals surface area contributed by atoms with Crippen molar-refractivity contribution in [2.75, 3.05) is 13.1 Å². The van der Waals surface area contributed by atoms with Crippen molar-refractivity contribution in [3.63, 3.8) is 0 Å². The second-order valence-corrected chi connectivity index (χ2v) is 4.65. The molecule has 1 amide bonds. The maximum absolute atomic E-state index is 11.7. The number of likely N-dealkylation sites (tertiary alicyclic amines) is 1. The molecule has 0 aromatic rings. The molecule has 86 valence electrons. The molecule has 0 aromatic heterocycles. The molecule has 1 heterocycles. The molecule has 1 saturated heterocycles. The fraction of sp³-hybridized carbons (Fsp3) is 0.800. The number of carbonyl (C=O) groups is 2. The summed E-state index contributed by atoms with van der Waals surface area (Å²) in [5.74, 6) is -1.17. The van der Waals surface area contributed by atoms with Crippen LogP contribution in [0, 0.1) is 5.41 Å². The van der Waals surface area contributed by atoms with Crippen LogP contribution in [0.25, 0.3) is 0 Å². The summed E-state index contributed by atoms with van der Waals surface area (Å²) in [5, 5.41) is 18.1. The Bertz CT molecular complexity index is 275. The molecule has 5 nitrogen and oxygen atoms in total. The minimum absolute atomic E-state index is 0.0188. The van der Waals surface area contributed by atoms with Gasteiger partial charge in [-0.25, -0.2) is 0 Å². The number of β-amino-alcohol motifs (C(OH)–C–C–N with tert-alkyl or cyclic N) is 1. The molecular formula is C10H17NO4. The fourth-order valence-corrected chi connectivity index (χ4v) is 1.53.